The van der Waals surface area contributed by atoms with Crippen LogP contribution in [0.4, 0.5) is 5.82 Å². The van der Waals surface area contributed by atoms with Crippen molar-refractivity contribution >= 4 is 53.4 Å². The average molecular weight is 477 g/mol. The van der Waals surface area contributed by atoms with Gasteiger partial charge in [0.25, 0.3) is 0 Å². The number of carbonyl (C=O) groups excluding carboxylic acids is 1. The number of anilines is 1. The Hall–Kier alpha value is -1.03. The topological polar surface area (TPSA) is 78.4 Å². The molecule has 0 saturated carbocycles. The zero-order valence-electron chi connectivity index (χ0n) is 15.1. The first-order valence-corrected chi connectivity index (χ1v) is 9.31. The molecule has 1 amide bonds. The Labute approximate surface area is 171 Å². The quantitative estimate of drug-likeness (QED) is 0.334. The fourth-order valence-electron chi connectivity index (χ4n) is 2.58. The summed E-state index contributed by atoms with van der Waals surface area (Å²) in [4.78, 5) is 20.4. The highest BCUT2D eigenvalue weighted by atomic mass is 127. The smallest absolute Gasteiger partial charge is 0.227 e. The van der Waals surface area contributed by atoms with Gasteiger partial charge < -0.3 is 16.0 Å². The van der Waals surface area contributed by atoms with E-state index in [9.17, 15) is 4.79 Å². The second kappa shape index (κ2) is 10.8. The third-order valence-corrected chi connectivity index (χ3v) is 5.49. The molecule has 1 saturated heterocycles. The largest absolute Gasteiger partial charge is 0.356 e. The lowest BCUT2D eigenvalue weighted by Gasteiger charge is -2.24. The van der Waals surface area contributed by atoms with E-state index in [0.29, 0.717) is 18.8 Å². The molecule has 3 N–H and O–H groups in total. The van der Waals surface area contributed by atoms with E-state index >= 15 is 0 Å². The number of guanidine groups is 1. The number of halogens is 1. The van der Waals surface area contributed by atoms with Crippen molar-refractivity contribution in [2.75, 3.05) is 31.2 Å². The zero-order valence-corrected chi connectivity index (χ0v) is 18.2. The SMILES string of the molecule is CN=C(NCCC(=O)Nc1cccc(C)n1)NCC1(C)CCCS1.I. The third-order valence-electron chi connectivity index (χ3n) is 3.95. The number of hydrogen-bond donors (Lipinski definition) is 3. The Morgan fingerprint density at radius 3 is 2.84 bits per heavy atom. The average Bonchev–Trinajstić information content (AvgIpc) is 2.97. The predicted octanol–water partition coefficient (Wildman–Crippen LogP) is 2.79. The van der Waals surface area contributed by atoms with Crippen LogP contribution in [-0.2, 0) is 4.79 Å². The van der Waals surface area contributed by atoms with E-state index in [1.54, 1.807) is 13.1 Å². The van der Waals surface area contributed by atoms with Crippen LogP contribution in [0.1, 0.15) is 31.9 Å². The Morgan fingerprint density at radius 2 is 2.20 bits per heavy atom. The molecule has 1 fully saturated rings. The lowest BCUT2D eigenvalue weighted by atomic mass is 10.1. The summed E-state index contributed by atoms with van der Waals surface area (Å²) in [6, 6.07) is 5.57. The first-order chi connectivity index (χ1) is 11.5. The molecule has 1 aliphatic heterocycles. The normalized spacial score (nSPS) is 19.9. The molecule has 2 heterocycles. The van der Waals surface area contributed by atoms with Crippen molar-refractivity contribution in [3.8, 4) is 0 Å². The summed E-state index contributed by atoms with van der Waals surface area (Å²) < 4.78 is 0.284. The Morgan fingerprint density at radius 1 is 1.40 bits per heavy atom. The highest BCUT2D eigenvalue weighted by molar-refractivity contribution is 14.0. The van der Waals surface area contributed by atoms with Gasteiger partial charge >= 0.3 is 0 Å². The van der Waals surface area contributed by atoms with Crippen molar-refractivity contribution in [2.24, 2.45) is 4.99 Å². The van der Waals surface area contributed by atoms with E-state index in [4.69, 9.17) is 0 Å². The van der Waals surface area contributed by atoms with E-state index in [-0.39, 0.29) is 34.6 Å². The molecule has 8 heteroatoms. The molecule has 1 aromatic heterocycles. The number of thioether (sulfide) groups is 1. The number of hydrogen-bond acceptors (Lipinski definition) is 4. The van der Waals surface area contributed by atoms with Crippen LogP contribution in [0.25, 0.3) is 0 Å². The molecule has 0 radical (unpaired) electrons. The van der Waals surface area contributed by atoms with Gasteiger partial charge in [-0.3, -0.25) is 9.79 Å². The summed E-state index contributed by atoms with van der Waals surface area (Å²) in [5.74, 6) is 2.51. The molecule has 0 aliphatic carbocycles. The molecular weight excluding hydrogens is 449 g/mol. The van der Waals surface area contributed by atoms with Crippen LogP contribution in [0.5, 0.6) is 0 Å². The number of nitrogens with zero attached hydrogens (tertiary/aromatic N) is 2. The molecule has 1 aromatic rings. The number of pyridine rings is 1. The monoisotopic (exact) mass is 477 g/mol. The second-order valence-electron chi connectivity index (χ2n) is 6.22. The number of aliphatic imine (C=N–C) groups is 1. The minimum atomic E-state index is -0.0608. The Bertz CT molecular complexity index is 590. The number of carbonyl (C=O) groups is 1. The van der Waals surface area contributed by atoms with E-state index in [1.165, 1.54) is 18.6 Å². The standard InChI is InChI=1S/C17H27N5OS.HI/c1-13-6-4-7-14(21-13)22-15(23)8-10-19-16(18-3)20-12-17(2)9-5-11-24-17;/h4,6-7H,5,8-12H2,1-3H3,(H2,18,19,20)(H,21,22,23);1H. The lowest BCUT2D eigenvalue weighted by Crippen LogP contribution is -2.44. The van der Waals surface area contributed by atoms with Gasteiger partial charge in [-0.25, -0.2) is 4.98 Å². The number of aromatic nitrogens is 1. The molecule has 2 rings (SSSR count). The van der Waals surface area contributed by atoms with Crippen LogP contribution in [0.2, 0.25) is 0 Å². The van der Waals surface area contributed by atoms with Crippen LogP contribution >= 0.6 is 35.7 Å². The van der Waals surface area contributed by atoms with Gasteiger partial charge in [0.1, 0.15) is 5.82 Å². The number of nitrogens with one attached hydrogen (secondary N) is 3. The highest BCUT2D eigenvalue weighted by Gasteiger charge is 2.29. The maximum atomic E-state index is 12.0. The summed E-state index contributed by atoms with van der Waals surface area (Å²) >= 11 is 2.01. The first-order valence-electron chi connectivity index (χ1n) is 8.33. The fraction of sp³-hybridized carbons (Fsp3) is 0.588. The van der Waals surface area contributed by atoms with Crippen LogP contribution in [0, 0.1) is 6.92 Å². The summed E-state index contributed by atoms with van der Waals surface area (Å²) in [5, 5.41) is 9.35. The van der Waals surface area contributed by atoms with Gasteiger partial charge in [0.15, 0.2) is 5.96 Å². The van der Waals surface area contributed by atoms with Crippen molar-refractivity contribution in [1.82, 2.24) is 15.6 Å². The predicted molar refractivity (Wildman–Crippen MR) is 117 cm³/mol. The van der Waals surface area contributed by atoms with Gasteiger partial charge in [0.05, 0.1) is 0 Å². The van der Waals surface area contributed by atoms with Gasteiger partial charge in [-0.1, -0.05) is 6.07 Å². The second-order valence-corrected chi connectivity index (χ2v) is 7.90. The Kier molecular flexibility index (Phi) is 9.55. The molecule has 140 valence electrons. The van der Waals surface area contributed by atoms with Crippen LogP contribution < -0.4 is 16.0 Å². The van der Waals surface area contributed by atoms with Crippen molar-refractivity contribution in [3.05, 3.63) is 23.9 Å². The summed E-state index contributed by atoms with van der Waals surface area (Å²) in [5.41, 5.74) is 0.883. The van der Waals surface area contributed by atoms with Gasteiger partial charge in [0, 0.05) is 37.0 Å². The van der Waals surface area contributed by atoms with Crippen molar-refractivity contribution in [3.63, 3.8) is 0 Å². The van der Waals surface area contributed by atoms with Crippen LogP contribution in [0.3, 0.4) is 0 Å². The van der Waals surface area contributed by atoms with E-state index in [1.807, 2.05) is 30.8 Å². The van der Waals surface area contributed by atoms with E-state index < -0.39 is 0 Å². The fourth-order valence-corrected chi connectivity index (χ4v) is 3.82. The highest BCUT2D eigenvalue weighted by Crippen LogP contribution is 2.36. The molecule has 25 heavy (non-hydrogen) atoms. The molecule has 1 aliphatic rings. The van der Waals surface area contributed by atoms with E-state index in [2.05, 4.69) is 32.9 Å². The molecule has 1 atom stereocenters. The zero-order chi connectivity index (χ0) is 17.4. The van der Waals surface area contributed by atoms with Crippen molar-refractivity contribution in [1.29, 1.82) is 0 Å². The summed E-state index contributed by atoms with van der Waals surface area (Å²) in [6.07, 6.45) is 2.87. The van der Waals surface area contributed by atoms with Crippen LogP contribution in [-0.4, -0.2) is 47.5 Å². The van der Waals surface area contributed by atoms with Gasteiger partial charge in [-0.05, 0) is 44.6 Å². The maximum absolute atomic E-state index is 12.0. The third kappa shape index (κ3) is 7.81. The molecule has 6 nitrogen and oxygen atoms in total. The number of aryl methyl sites for hydroxylation is 1. The summed E-state index contributed by atoms with van der Waals surface area (Å²) in [6.45, 7) is 5.60. The van der Waals surface area contributed by atoms with Gasteiger partial charge in [-0.15, -0.1) is 24.0 Å². The molecule has 0 aromatic carbocycles. The maximum Gasteiger partial charge on any atom is 0.227 e. The van der Waals surface area contributed by atoms with Crippen molar-refractivity contribution < 1.29 is 4.79 Å². The lowest BCUT2D eigenvalue weighted by molar-refractivity contribution is -0.116. The molecule has 0 spiro atoms. The minimum absolute atomic E-state index is 0. The van der Waals surface area contributed by atoms with Gasteiger partial charge in [-0.2, -0.15) is 11.8 Å². The molecule has 1 unspecified atom stereocenters. The summed E-state index contributed by atoms with van der Waals surface area (Å²) in [7, 11) is 1.75. The van der Waals surface area contributed by atoms with Gasteiger partial charge in [0.2, 0.25) is 5.91 Å². The Balaban J connectivity index is 0.00000312. The molecule has 0 bridgehead atoms. The van der Waals surface area contributed by atoms with E-state index in [0.717, 1.165) is 18.2 Å². The molecular formula is C17H28IN5OS. The minimum Gasteiger partial charge on any atom is -0.356 e. The number of amides is 1. The van der Waals surface area contributed by atoms with Crippen LogP contribution in [0.15, 0.2) is 23.2 Å². The van der Waals surface area contributed by atoms with Crippen molar-refractivity contribution in [2.45, 2.75) is 37.9 Å². The first kappa shape index (κ1) is 22.0. The number of rotatable bonds is 6.